The molecule has 0 fully saturated rings. The van der Waals surface area contributed by atoms with Crippen molar-refractivity contribution in [3.63, 3.8) is 0 Å². The van der Waals surface area contributed by atoms with Crippen molar-refractivity contribution in [3.8, 4) is 17.2 Å². The molecule has 7 heteroatoms. The lowest BCUT2D eigenvalue weighted by Gasteiger charge is -2.41. The summed E-state index contributed by atoms with van der Waals surface area (Å²) in [6.45, 7) is 7.61. The predicted octanol–water partition coefficient (Wildman–Crippen LogP) is 6.32. The lowest BCUT2D eigenvalue weighted by Crippen LogP contribution is -2.47. The summed E-state index contributed by atoms with van der Waals surface area (Å²) in [4.78, 5) is 0. The van der Waals surface area contributed by atoms with Crippen LogP contribution in [0.5, 0.6) is 17.2 Å². The normalized spacial score (nSPS) is 18.1. The summed E-state index contributed by atoms with van der Waals surface area (Å²) in [5, 5.41) is 8.90. The zero-order valence-electron chi connectivity index (χ0n) is 26.1. The predicted molar refractivity (Wildman–Crippen MR) is 172 cm³/mol. The highest BCUT2D eigenvalue weighted by molar-refractivity contribution is 5.60. The van der Waals surface area contributed by atoms with E-state index in [0.29, 0.717) is 65.0 Å². The molecule has 2 aliphatic rings. The summed E-state index contributed by atoms with van der Waals surface area (Å²) < 4.78 is 37.3. The van der Waals surface area contributed by atoms with Crippen LogP contribution >= 0.6 is 0 Å². The topological polar surface area (TPSA) is 75.6 Å². The maximum Gasteiger partial charge on any atom is 0.162 e. The fourth-order valence-electron chi connectivity index (χ4n) is 6.32. The second-order valence-electron chi connectivity index (χ2n) is 11.7. The molecule has 0 saturated heterocycles. The lowest BCUT2D eigenvalue weighted by molar-refractivity contribution is -0.102. The van der Waals surface area contributed by atoms with E-state index in [-0.39, 0.29) is 12.5 Å². The highest BCUT2D eigenvalue weighted by Crippen LogP contribution is 2.55. The molecule has 6 rings (SSSR count). The Bertz CT molecular complexity index is 1560. The van der Waals surface area contributed by atoms with Crippen molar-refractivity contribution in [2.45, 2.75) is 45.0 Å². The molecule has 236 valence electrons. The number of hydrogen-bond donors (Lipinski definition) is 1. The van der Waals surface area contributed by atoms with E-state index in [9.17, 15) is 0 Å². The molecule has 0 bridgehead atoms. The Balaban J connectivity index is 1.31. The maximum atomic E-state index is 8.90. The van der Waals surface area contributed by atoms with Crippen molar-refractivity contribution in [2.24, 2.45) is 0 Å². The van der Waals surface area contributed by atoms with E-state index >= 15 is 0 Å². The van der Waals surface area contributed by atoms with Gasteiger partial charge < -0.3 is 33.5 Å². The summed E-state index contributed by atoms with van der Waals surface area (Å²) in [6.07, 6.45) is 0.680. The molecule has 0 saturated carbocycles. The van der Waals surface area contributed by atoms with E-state index in [1.165, 1.54) is 16.7 Å². The van der Waals surface area contributed by atoms with Crippen LogP contribution in [0.1, 0.15) is 44.9 Å². The van der Waals surface area contributed by atoms with Crippen molar-refractivity contribution in [3.05, 3.63) is 124 Å². The molecule has 0 amide bonds. The molecule has 4 aromatic rings. The molecular weight excluding hydrogens is 568 g/mol. The molecule has 4 aromatic carbocycles. The van der Waals surface area contributed by atoms with E-state index < -0.39 is 5.60 Å². The van der Waals surface area contributed by atoms with Gasteiger partial charge in [0.25, 0.3) is 0 Å². The average molecular weight is 611 g/mol. The first-order valence-corrected chi connectivity index (χ1v) is 15.7. The third kappa shape index (κ3) is 7.02. The van der Waals surface area contributed by atoms with Gasteiger partial charge in [-0.15, -0.1) is 0 Å². The van der Waals surface area contributed by atoms with Crippen LogP contribution in [-0.2, 0) is 33.8 Å². The first-order chi connectivity index (χ1) is 22.1. The van der Waals surface area contributed by atoms with Crippen LogP contribution in [0, 0.1) is 13.8 Å². The van der Waals surface area contributed by atoms with Crippen molar-refractivity contribution in [2.75, 3.05) is 46.2 Å². The standard InChI is InChI=1S/C38H42O7/c1-27-13-14-32-36-33-22-35(43-25-30-11-7-4-8-12-30)34(42-24-29-9-5-3-6-10-29)21-31(33)23-38(36,26-44-37(32)28(27)2)45-20-19-41-18-17-40-16-15-39/h3-14,21-22,36,39H,15-20,23-26H2,1-2H3. The van der Waals surface area contributed by atoms with Gasteiger partial charge in [-0.3, -0.25) is 0 Å². The highest BCUT2D eigenvalue weighted by atomic mass is 16.6. The van der Waals surface area contributed by atoms with E-state index in [1.807, 2.05) is 36.4 Å². The number of aliphatic hydroxyl groups excluding tert-OH is 1. The second kappa shape index (κ2) is 14.5. The number of benzene rings is 4. The third-order valence-corrected chi connectivity index (χ3v) is 8.71. The van der Waals surface area contributed by atoms with Gasteiger partial charge in [0.2, 0.25) is 0 Å². The van der Waals surface area contributed by atoms with Crippen molar-refractivity contribution >= 4 is 0 Å². The Morgan fingerprint density at radius 1 is 0.733 bits per heavy atom. The quantitative estimate of drug-likeness (QED) is 0.158. The fourth-order valence-corrected chi connectivity index (χ4v) is 6.32. The minimum absolute atomic E-state index is 0.00602. The fraction of sp³-hybridized carbons (Fsp3) is 0.368. The van der Waals surface area contributed by atoms with Crippen LogP contribution in [0.25, 0.3) is 0 Å². The number of aryl methyl sites for hydroxylation is 1. The number of rotatable bonds is 15. The van der Waals surface area contributed by atoms with Crippen LogP contribution in [0.3, 0.4) is 0 Å². The van der Waals surface area contributed by atoms with E-state index in [4.69, 9.17) is 33.5 Å². The molecule has 7 nitrogen and oxygen atoms in total. The molecule has 2 unspecified atom stereocenters. The van der Waals surface area contributed by atoms with Gasteiger partial charge in [0.05, 0.1) is 39.6 Å². The van der Waals surface area contributed by atoms with Gasteiger partial charge in [0.1, 0.15) is 31.2 Å². The second-order valence-corrected chi connectivity index (χ2v) is 11.7. The Morgan fingerprint density at radius 2 is 1.36 bits per heavy atom. The average Bonchev–Trinajstić information content (AvgIpc) is 3.40. The number of fused-ring (bicyclic) bond motifs is 5. The van der Waals surface area contributed by atoms with Crippen LogP contribution in [0.15, 0.2) is 84.9 Å². The van der Waals surface area contributed by atoms with Crippen molar-refractivity contribution < 1.29 is 33.5 Å². The zero-order valence-corrected chi connectivity index (χ0v) is 26.1. The van der Waals surface area contributed by atoms with E-state index in [1.54, 1.807) is 0 Å². The first kappa shape index (κ1) is 31.1. The molecule has 0 radical (unpaired) electrons. The van der Waals surface area contributed by atoms with Gasteiger partial charge in [-0.05, 0) is 59.4 Å². The molecule has 0 aromatic heterocycles. The largest absolute Gasteiger partial charge is 0.490 e. The number of hydrogen-bond acceptors (Lipinski definition) is 7. The van der Waals surface area contributed by atoms with Crippen LogP contribution in [-0.4, -0.2) is 57.0 Å². The Morgan fingerprint density at radius 3 is 2.02 bits per heavy atom. The Kier molecular flexibility index (Phi) is 10.0. The van der Waals surface area contributed by atoms with Gasteiger partial charge in [-0.25, -0.2) is 0 Å². The van der Waals surface area contributed by atoms with Crippen LogP contribution < -0.4 is 14.2 Å². The van der Waals surface area contributed by atoms with Crippen molar-refractivity contribution in [1.29, 1.82) is 0 Å². The number of aliphatic hydroxyl groups is 1. The molecule has 1 aliphatic heterocycles. The summed E-state index contributed by atoms with van der Waals surface area (Å²) in [5.41, 5.74) is 7.43. The van der Waals surface area contributed by atoms with Crippen LogP contribution in [0.4, 0.5) is 0 Å². The molecule has 2 atom stereocenters. The van der Waals surface area contributed by atoms with Gasteiger partial charge in [-0.2, -0.15) is 0 Å². The van der Waals surface area contributed by atoms with E-state index in [0.717, 1.165) is 33.8 Å². The molecule has 0 spiro atoms. The summed E-state index contributed by atoms with van der Waals surface area (Å²) in [6, 6.07) is 29.0. The minimum atomic E-state index is -0.595. The summed E-state index contributed by atoms with van der Waals surface area (Å²) >= 11 is 0. The minimum Gasteiger partial charge on any atom is -0.490 e. The summed E-state index contributed by atoms with van der Waals surface area (Å²) in [5.74, 6) is 2.34. The molecular formula is C38H42O7. The van der Waals surface area contributed by atoms with Gasteiger partial charge in [0.15, 0.2) is 11.5 Å². The molecule has 1 N–H and O–H groups in total. The van der Waals surface area contributed by atoms with Crippen molar-refractivity contribution in [1.82, 2.24) is 0 Å². The maximum absolute atomic E-state index is 8.90. The monoisotopic (exact) mass is 610 g/mol. The van der Waals surface area contributed by atoms with Gasteiger partial charge >= 0.3 is 0 Å². The Hall–Kier alpha value is -3.88. The first-order valence-electron chi connectivity index (χ1n) is 15.7. The lowest BCUT2D eigenvalue weighted by atomic mass is 9.79. The highest BCUT2D eigenvalue weighted by Gasteiger charge is 2.53. The summed E-state index contributed by atoms with van der Waals surface area (Å²) in [7, 11) is 0. The SMILES string of the molecule is Cc1ccc2c(c1C)OCC1(OCCOCCOCCO)Cc3cc(OCc4ccccc4)c(OCc4ccccc4)cc3C21. The smallest absolute Gasteiger partial charge is 0.162 e. The van der Waals surface area contributed by atoms with E-state index in [2.05, 4.69) is 62.4 Å². The number of ether oxygens (including phenoxy) is 6. The van der Waals surface area contributed by atoms with Crippen LogP contribution in [0.2, 0.25) is 0 Å². The van der Waals surface area contributed by atoms with Gasteiger partial charge in [-0.1, -0.05) is 72.8 Å². The Labute approximate surface area is 265 Å². The molecule has 1 heterocycles. The third-order valence-electron chi connectivity index (χ3n) is 8.71. The molecule has 45 heavy (non-hydrogen) atoms. The van der Waals surface area contributed by atoms with Gasteiger partial charge in [0, 0.05) is 17.9 Å². The zero-order chi connectivity index (χ0) is 31.1. The molecule has 1 aliphatic carbocycles.